The van der Waals surface area contributed by atoms with Crippen molar-refractivity contribution in [3.63, 3.8) is 0 Å². The summed E-state index contributed by atoms with van der Waals surface area (Å²) >= 11 is 1.50. The van der Waals surface area contributed by atoms with E-state index in [1.165, 1.54) is 43.0 Å². The van der Waals surface area contributed by atoms with Crippen LogP contribution in [0.2, 0.25) is 0 Å². The summed E-state index contributed by atoms with van der Waals surface area (Å²) in [4.78, 5) is 17.3. The van der Waals surface area contributed by atoms with Crippen molar-refractivity contribution in [1.82, 2.24) is 10.3 Å². The fourth-order valence-electron chi connectivity index (χ4n) is 5.42. The van der Waals surface area contributed by atoms with Crippen molar-refractivity contribution in [3.8, 4) is 0 Å². The van der Waals surface area contributed by atoms with Crippen LogP contribution in [0.1, 0.15) is 50.6 Å². The smallest absolute Gasteiger partial charge is 0.230 e. The van der Waals surface area contributed by atoms with Gasteiger partial charge in [0.25, 0.3) is 0 Å². The van der Waals surface area contributed by atoms with E-state index in [1.807, 2.05) is 29.4 Å². The number of para-hydroxylation sites is 1. The Labute approximate surface area is 164 Å². The predicted octanol–water partition coefficient (Wildman–Crippen LogP) is 4.09. The number of amidine groups is 1. The van der Waals surface area contributed by atoms with Gasteiger partial charge < -0.3 is 5.32 Å². The normalized spacial score (nSPS) is 31.4. The number of carbonyl (C=O) groups is 1. The van der Waals surface area contributed by atoms with Crippen molar-refractivity contribution in [1.29, 1.82) is 0 Å². The van der Waals surface area contributed by atoms with Gasteiger partial charge in [0.05, 0.1) is 17.5 Å². The third kappa shape index (κ3) is 3.18. The van der Waals surface area contributed by atoms with Gasteiger partial charge in [0.2, 0.25) is 5.91 Å². The van der Waals surface area contributed by atoms with Crippen molar-refractivity contribution in [3.05, 3.63) is 29.8 Å². The van der Waals surface area contributed by atoms with Crippen molar-refractivity contribution in [2.75, 3.05) is 5.75 Å². The summed E-state index contributed by atoms with van der Waals surface area (Å²) < 4.78 is 0. The summed E-state index contributed by atoms with van der Waals surface area (Å²) in [7, 11) is 0. The van der Waals surface area contributed by atoms with Crippen LogP contribution >= 0.6 is 11.8 Å². The Morgan fingerprint density at radius 2 is 2.22 bits per heavy atom. The number of carbonyl (C=O) groups excluding carboxylic acids is 1. The molecule has 5 rings (SSSR count). The van der Waals surface area contributed by atoms with E-state index >= 15 is 0 Å². The van der Waals surface area contributed by atoms with Crippen LogP contribution in [0.3, 0.4) is 0 Å². The molecule has 2 aliphatic heterocycles. The lowest BCUT2D eigenvalue weighted by Crippen LogP contribution is -2.41. The highest BCUT2D eigenvalue weighted by Gasteiger charge is 2.42. The molecule has 2 heterocycles. The Morgan fingerprint density at radius 3 is 3.04 bits per heavy atom. The minimum atomic E-state index is 0.108. The zero-order chi connectivity index (χ0) is 18.4. The highest BCUT2D eigenvalue weighted by molar-refractivity contribution is 8.14. The molecule has 1 aromatic rings. The first-order chi connectivity index (χ1) is 13.2. The SMILES string of the molecule is C[C@H](NC(=O)CSC1=Nc2ccccc2[C@@H]2CC=NN12)[C@H]1C[C@H]2CC[C@H]1C2. The first kappa shape index (κ1) is 17.3. The molecule has 2 bridgehead atoms. The molecular formula is C21H26N4OS. The van der Waals surface area contributed by atoms with E-state index in [2.05, 4.69) is 23.4 Å². The van der Waals surface area contributed by atoms with Crippen molar-refractivity contribution < 1.29 is 4.79 Å². The molecular weight excluding hydrogens is 356 g/mol. The molecule has 2 saturated carbocycles. The number of nitrogens with one attached hydrogen (secondary N) is 1. The van der Waals surface area contributed by atoms with Crippen LogP contribution in [0.15, 0.2) is 34.4 Å². The number of hydrazone groups is 1. The topological polar surface area (TPSA) is 57.1 Å². The van der Waals surface area contributed by atoms with Crippen molar-refractivity contribution >= 4 is 34.7 Å². The average Bonchev–Trinajstić information content (AvgIpc) is 3.42. The number of nitrogens with zero attached hydrogens (tertiary/aromatic N) is 3. The van der Waals surface area contributed by atoms with Gasteiger partial charge in [-0.2, -0.15) is 5.10 Å². The van der Waals surface area contributed by atoms with Gasteiger partial charge >= 0.3 is 0 Å². The van der Waals surface area contributed by atoms with Crippen LogP contribution in [0, 0.1) is 17.8 Å². The zero-order valence-corrected chi connectivity index (χ0v) is 16.5. The number of hydrogen-bond donors (Lipinski definition) is 1. The predicted molar refractivity (Wildman–Crippen MR) is 110 cm³/mol. The molecule has 27 heavy (non-hydrogen) atoms. The summed E-state index contributed by atoms with van der Waals surface area (Å²) in [5, 5.41) is 10.5. The molecule has 0 spiro atoms. The molecule has 0 aromatic heterocycles. The average molecular weight is 383 g/mol. The summed E-state index contributed by atoms with van der Waals surface area (Å²) in [6, 6.07) is 8.73. The highest BCUT2D eigenvalue weighted by Crippen LogP contribution is 2.49. The molecule has 1 N–H and O–H groups in total. The Hall–Kier alpha value is -1.82. The zero-order valence-electron chi connectivity index (χ0n) is 15.7. The van der Waals surface area contributed by atoms with E-state index in [1.54, 1.807) is 0 Å². The summed E-state index contributed by atoms with van der Waals surface area (Å²) in [5.41, 5.74) is 2.22. The van der Waals surface area contributed by atoms with Gasteiger partial charge in [-0.3, -0.25) is 4.79 Å². The second kappa shape index (κ2) is 6.97. The van der Waals surface area contributed by atoms with Crippen LogP contribution in [-0.2, 0) is 4.79 Å². The van der Waals surface area contributed by atoms with E-state index in [0.717, 1.165) is 29.1 Å². The maximum absolute atomic E-state index is 12.6. The quantitative estimate of drug-likeness (QED) is 0.853. The first-order valence-corrected chi connectivity index (χ1v) is 11.1. The summed E-state index contributed by atoms with van der Waals surface area (Å²) in [6.45, 7) is 2.18. The Morgan fingerprint density at radius 1 is 1.33 bits per heavy atom. The van der Waals surface area contributed by atoms with Gasteiger partial charge in [0.15, 0.2) is 5.17 Å². The largest absolute Gasteiger partial charge is 0.353 e. The molecule has 0 radical (unpaired) electrons. The third-order valence-corrected chi connectivity index (χ3v) is 7.64. The molecule has 0 saturated heterocycles. The minimum absolute atomic E-state index is 0.108. The van der Waals surface area contributed by atoms with Gasteiger partial charge in [-0.1, -0.05) is 36.4 Å². The Kier molecular flexibility index (Phi) is 4.46. The summed E-state index contributed by atoms with van der Waals surface area (Å²) in [6.07, 6.45) is 8.27. The van der Waals surface area contributed by atoms with Gasteiger partial charge in [-0.05, 0) is 50.0 Å². The lowest BCUT2D eigenvalue weighted by Gasteiger charge is -2.30. The van der Waals surface area contributed by atoms with E-state index in [0.29, 0.717) is 11.7 Å². The molecule has 1 aromatic carbocycles. The minimum Gasteiger partial charge on any atom is -0.353 e. The molecule has 5 atom stereocenters. The Bertz CT molecular complexity index is 807. The number of benzene rings is 1. The fourth-order valence-corrected chi connectivity index (χ4v) is 6.23. The number of rotatable bonds is 4. The molecule has 1 amide bonds. The van der Waals surface area contributed by atoms with Crippen LogP contribution in [0.25, 0.3) is 0 Å². The molecule has 142 valence electrons. The fraction of sp³-hybridized carbons (Fsp3) is 0.571. The molecule has 4 aliphatic rings. The number of fused-ring (bicyclic) bond motifs is 5. The van der Waals surface area contributed by atoms with Crippen LogP contribution in [0.5, 0.6) is 0 Å². The maximum Gasteiger partial charge on any atom is 0.230 e. The van der Waals surface area contributed by atoms with Gasteiger partial charge in [0, 0.05) is 24.2 Å². The van der Waals surface area contributed by atoms with Crippen LogP contribution in [-0.4, -0.2) is 34.1 Å². The van der Waals surface area contributed by atoms with Gasteiger partial charge in [0.1, 0.15) is 0 Å². The van der Waals surface area contributed by atoms with Gasteiger partial charge in [-0.15, -0.1) is 0 Å². The molecule has 0 unspecified atom stereocenters. The number of aliphatic imine (C=N–C) groups is 1. The van der Waals surface area contributed by atoms with E-state index in [9.17, 15) is 4.79 Å². The second-order valence-corrected chi connectivity index (χ2v) is 9.27. The Balaban J connectivity index is 1.21. The number of hydrogen-bond acceptors (Lipinski definition) is 5. The second-order valence-electron chi connectivity index (χ2n) is 8.33. The first-order valence-electron chi connectivity index (χ1n) is 10.1. The maximum atomic E-state index is 12.6. The molecule has 6 heteroatoms. The third-order valence-electron chi connectivity index (χ3n) is 6.69. The van der Waals surface area contributed by atoms with Gasteiger partial charge in [-0.25, -0.2) is 10.0 Å². The summed E-state index contributed by atoms with van der Waals surface area (Å²) in [5.74, 6) is 2.91. The number of thioether (sulfide) groups is 1. The van der Waals surface area contributed by atoms with E-state index in [-0.39, 0.29) is 18.0 Å². The van der Waals surface area contributed by atoms with E-state index in [4.69, 9.17) is 4.99 Å². The van der Waals surface area contributed by atoms with Crippen molar-refractivity contribution in [2.45, 2.75) is 51.1 Å². The molecule has 5 nitrogen and oxygen atoms in total. The van der Waals surface area contributed by atoms with Crippen LogP contribution < -0.4 is 5.32 Å². The molecule has 2 aliphatic carbocycles. The molecule has 2 fully saturated rings. The number of amides is 1. The lowest BCUT2D eigenvalue weighted by atomic mass is 9.84. The monoisotopic (exact) mass is 382 g/mol. The lowest BCUT2D eigenvalue weighted by molar-refractivity contribution is -0.119. The highest BCUT2D eigenvalue weighted by atomic mass is 32.2. The standard InChI is InChI=1S/C21H26N4OS/c1-13(17-11-14-6-7-15(17)10-14)23-20(26)12-27-21-24-18-5-3-2-4-16(18)19-8-9-22-25(19)21/h2-5,9,13-15,17,19H,6-8,10-12H2,1H3,(H,23,26)/t13-,14-,15-,17+,19-/m0/s1. The van der Waals surface area contributed by atoms with Crippen molar-refractivity contribution in [2.24, 2.45) is 27.8 Å². The van der Waals surface area contributed by atoms with Crippen LogP contribution in [0.4, 0.5) is 5.69 Å². The van der Waals surface area contributed by atoms with E-state index < -0.39 is 0 Å².